The Bertz CT molecular complexity index is 343. The van der Waals surface area contributed by atoms with E-state index in [1.165, 1.54) is 0 Å². The van der Waals surface area contributed by atoms with Gasteiger partial charge in [0.05, 0.1) is 11.9 Å². The highest BCUT2D eigenvalue weighted by Gasteiger charge is 2.11. The largest absolute Gasteiger partial charge is 0.493 e. The summed E-state index contributed by atoms with van der Waals surface area (Å²) in [6.07, 6.45) is 0.972. The minimum atomic E-state index is -0.0177. The Labute approximate surface area is 113 Å². The van der Waals surface area contributed by atoms with Crippen molar-refractivity contribution >= 4 is 17.7 Å². The van der Waals surface area contributed by atoms with Gasteiger partial charge in [-0.15, -0.1) is 11.8 Å². The second kappa shape index (κ2) is 8.86. The maximum absolute atomic E-state index is 11.6. The van der Waals surface area contributed by atoms with Gasteiger partial charge in [0, 0.05) is 12.3 Å². The summed E-state index contributed by atoms with van der Waals surface area (Å²) in [6, 6.07) is 9.72. The molecule has 0 fully saturated rings. The van der Waals surface area contributed by atoms with Crippen LogP contribution in [-0.4, -0.2) is 30.1 Å². The monoisotopic (exact) mass is 267 g/mol. The second-order valence-electron chi connectivity index (χ2n) is 3.97. The molecule has 0 aliphatic heterocycles. The lowest BCUT2D eigenvalue weighted by Crippen LogP contribution is -2.31. The number of benzene rings is 1. The summed E-state index contributed by atoms with van der Waals surface area (Å²) in [7, 11) is 0. The average Bonchev–Trinajstić information content (AvgIpc) is 2.41. The van der Waals surface area contributed by atoms with Crippen LogP contribution >= 0.6 is 11.8 Å². The number of para-hydroxylation sites is 1. The van der Waals surface area contributed by atoms with Crippen molar-refractivity contribution in [3.8, 4) is 5.75 Å². The Kier molecular flexibility index (Phi) is 7.34. The fourth-order valence-corrected chi connectivity index (χ4v) is 2.14. The summed E-state index contributed by atoms with van der Waals surface area (Å²) in [5, 5.41) is 2.87. The second-order valence-corrected chi connectivity index (χ2v) is 5.41. The molecule has 0 saturated heterocycles. The zero-order valence-electron chi connectivity index (χ0n) is 11.0. The Balaban J connectivity index is 2.12. The van der Waals surface area contributed by atoms with Crippen LogP contribution in [0, 0.1) is 0 Å². The number of carbonyl (C=O) groups is 1. The van der Waals surface area contributed by atoms with Gasteiger partial charge in [0.2, 0.25) is 5.91 Å². The number of carbonyl (C=O) groups excluding carboxylic acids is 1. The highest BCUT2D eigenvalue weighted by molar-refractivity contribution is 8.00. The Morgan fingerprint density at radius 3 is 2.78 bits per heavy atom. The number of ether oxygens (including phenoxy) is 1. The Morgan fingerprint density at radius 1 is 1.39 bits per heavy atom. The van der Waals surface area contributed by atoms with E-state index in [0.717, 1.165) is 24.5 Å². The lowest BCUT2D eigenvalue weighted by atomic mass is 10.3. The van der Waals surface area contributed by atoms with Crippen molar-refractivity contribution in [2.45, 2.75) is 25.5 Å². The van der Waals surface area contributed by atoms with Crippen molar-refractivity contribution in [3.63, 3.8) is 0 Å². The van der Waals surface area contributed by atoms with Gasteiger partial charge in [-0.25, -0.2) is 0 Å². The molecule has 100 valence electrons. The highest BCUT2D eigenvalue weighted by atomic mass is 32.2. The van der Waals surface area contributed by atoms with E-state index in [1.54, 1.807) is 11.8 Å². The molecule has 1 aromatic rings. The van der Waals surface area contributed by atoms with Crippen molar-refractivity contribution < 1.29 is 9.53 Å². The summed E-state index contributed by atoms with van der Waals surface area (Å²) >= 11 is 1.62. The fourth-order valence-electron chi connectivity index (χ4n) is 1.37. The molecular formula is C14H21NO2S. The van der Waals surface area contributed by atoms with E-state index in [4.69, 9.17) is 4.74 Å². The van der Waals surface area contributed by atoms with Gasteiger partial charge in [0.15, 0.2) is 0 Å². The van der Waals surface area contributed by atoms with Gasteiger partial charge in [-0.3, -0.25) is 4.79 Å². The topological polar surface area (TPSA) is 38.3 Å². The smallest absolute Gasteiger partial charge is 0.232 e. The molecule has 1 atom stereocenters. The number of nitrogens with one attached hydrogen (secondary N) is 1. The minimum Gasteiger partial charge on any atom is -0.493 e. The van der Waals surface area contributed by atoms with Crippen LogP contribution in [0.15, 0.2) is 30.3 Å². The van der Waals surface area contributed by atoms with Crippen LogP contribution in [0.3, 0.4) is 0 Å². The standard InChI is InChI=1S/C14H21NO2S/c1-3-9-15-14(16)12(2)18-11-10-17-13-7-5-4-6-8-13/h4-8,12H,3,9-11H2,1-2H3,(H,15,16). The van der Waals surface area contributed by atoms with Crippen molar-refractivity contribution in [1.82, 2.24) is 5.32 Å². The summed E-state index contributed by atoms with van der Waals surface area (Å²) in [5.41, 5.74) is 0. The predicted octanol–water partition coefficient (Wildman–Crippen LogP) is 2.71. The van der Waals surface area contributed by atoms with Crippen LogP contribution in [0.25, 0.3) is 0 Å². The van der Waals surface area contributed by atoms with Crippen LogP contribution < -0.4 is 10.1 Å². The molecule has 18 heavy (non-hydrogen) atoms. The third kappa shape index (κ3) is 5.96. The first-order valence-electron chi connectivity index (χ1n) is 6.31. The molecular weight excluding hydrogens is 246 g/mol. The van der Waals surface area contributed by atoms with Gasteiger partial charge in [-0.1, -0.05) is 25.1 Å². The van der Waals surface area contributed by atoms with Gasteiger partial charge in [0.25, 0.3) is 0 Å². The van der Waals surface area contributed by atoms with E-state index in [1.807, 2.05) is 44.2 Å². The maximum Gasteiger partial charge on any atom is 0.232 e. The van der Waals surface area contributed by atoms with Gasteiger partial charge in [-0.05, 0) is 25.5 Å². The molecule has 1 unspecified atom stereocenters. The fraction of sp³-hybridized carbons (Fsp3) is 0.500. The van der Waals surface area contributed by atoms with Crippen LogP contribution in [-0.2, 0) is 4.79 Å². The van der Waals surface area contributed by atoms with Crippen LogP contribution in [0.4, 0.5) is 0 Å². The first-order valence-corrected chi connectivity index (χ1v) is 7.36. The first-order chi connectivity index (χ1) is 8.74. The minimum absolute atomic E-state index is 0.0177. The molecule has 1 aromatic carbocycles. The number of amides is 1. The van der Waals surface area contributed by atoms with E-state index in [9.17, 15) is 4.79 Å². The molecule has 0 heterocycles. The SMILES string of the molecule is CCCNC(=O)C(C)SCCOc1ccccc1. The van der Waals surface area contributed by atoms with Gasteiger partial charge < -0.3 is 10.1 Å². The van der Waals surface area contributed by atoms with Crippen LogP contribution in [0.2, 0.25) is 0 Å². The summed E-state index contributed by atoms with van der Waals surface area (Å²) in [5.74, 6) is 1.80. The number of rotatable bonds is 8. The van der Waals surface area contributed by atoms with E-state index < -0.39 is 0 Å². The van der Waals surface area contributed by atoms with Gasteiger partial charge in [-0.2, -0.15) is 0 Å². The van der Waals surface area contributed by atoms with E-state index in [0.29, 0.717) is 6.61 Å². The third-order valence-electron chi connectivity index (χ3n) is 2.38. The maximum atomic E-state index is 11.6. The van der Waals surface area contributed by atoms with Crippen molar-refractivity contribution in [1.29, 1.82) is 0 Å². The highest BCUT2D eigenvalue weighted by Crippen LogP contribution is 2.12. The third-order valence-corrected chi connectivity index (χ3v) is 3.50. The van der Waals surface area contributed by atoms with E-state index >= 15 is 0 Å². The molecule has 3 nitrogen and oxygen atoms in total. The first kappa shape index (κ1) is 14.9. The lowest BCUT2D eigenvalue weighted by molar-refractivity contribution is -0.120. The predicted molar refractivity (Wildman–Crippen MR) is 77.2 cm³/mol. The summed E-state index contributed by atoms with van der Waals surface area (Å²) in [6.45, 7) is 5.36. The van der Waals surface area contributed by atoms with Crippen molar-refractivity contribution in [3.05, 3.63) is 30.3 Å². The number of hydrogen-bond acceptors (Lipinski definition) is 3. The zero-order chi connectivity index (χ0) is 13.2. The molecule has 0 aliphatic rings. The molecule has 0 radical (unpaired) electrons. The van der Waals surface area contributed by atoms with Crippen LogP contribution in [0.5, 0.6) is 5.75 Å². The van der Waals surface area contributed by atoms with Gasteiger partial charge >= 0.3 is 0 Å². The average molecular weight is 267 g/mol. The van der Waals surface area contributed by atoms with Crippen molar-refractivity contribution in [2.75, 3.05) is 18.9 Å². The zero-order valence-corrected chi connectivity index (χ0v) is 11.8. The van der Waals surface area contributed by atoms with E-state index in [2.05, 4.69) is 5.32 Å². The molecule has 1 N–H and O–H groups in total. The number of hydrogen-bond donors (Lipinski definition) is 1. The normalized spacial score (nSPS) is 11.9. The molecule has 4 heteroatoms. The molecule has 0 saturated carbocycles. The molecule has 1 rings (SSSR count). The Morgan fingerprint density at radius 2 is 2.11 bits per heavy atom. The Hall–Kier alpha value is -1.16. The van der Waals surface area contributed by atoms with Gasteiger partial charge in [0.1, 0.15) is 5.75 Å². The molecule has 0 spiro atoms. The number of thioether (sulfide) groups is 1. The summed E-state index contributed by atoms with van der Waals surface area (Å²) in [4.78, 5) is 11.6. The summed E-state index contributed by atoms with van der Waals surface area (Å²) < 4.78 is 5.56. The molecule has 1 amide bonds. The van der Waals surface area contributed by atoms with Crippen molar-refractivity contribution in [2.24, 2.45) is 0 Å². The quantitative estimate of drug-likeness (QED) is 0.736. The van der Waals surface area contributed by atoms with Crippen LogP contribution in [0.1, 0.15) is 20.3 Å². The molecule has 0 aromatic heterocycles. The van der Waals surface area contributed by atoms with E-state index in [-0.39, 0.29) is 11.2 Å². The molecule has 0 aliphatic carbocycles. The molecule has 0 bridgehead atoms. The lowest BCUT2D eigenvalue weighted by Gasteiger charge is -2.11.